The van der Waals surface area contributed by atoms with Gasteiger partial charge in [-0.15, -0.1) is 0 Å². The highest BCUT2D eigenvalue weighted by atomic mass is 16.5. The largest absolute Gasteiger partial charge is 0.497 e. The second-order valence-corrected chi connectivity index (χ2v) is 23.7. The summed E-state index contributed by atoms with van der Waals surface area (Å²) < 4.78 is 29.0. The zero-order chi connectivity index (χ0) is 68.4. The maximum absolute atomic E-state index is 12.5. The van der Waals surface area contributed by atoms with Crippen LogP contribution in [0.3, 0.4) is 0 Å². The molecule has 6 nitrogen and oxygen atoms in total. The highest BCUT2D eigenvalue weighted by Gasteiger charge is 2.13. The molecule has 0 amide bonds. The first-order valence-corrected chi connectivity index (χ1v) is 31.9. The van der Waals surface area contributed by atoms with Crippen molar-refractivity contribution in [3.8, 4) is 62.9 Å². The minimum absolute atomic E-state index is 0.0384. The Balaban J connectivity index is 0.000000162. The fourth-order valence-electron chi connectivity index (χ4n) is 10.4. The van der Waals surface area contributed by atoms with Gasteiger partial charge in [-0.1, -0.05) is 219 Å². The van der Waals surface area contributed by atoms with Gasteiger partial charge in [-0.05, 0) is 252 Å². The van der Waals surface area contributed by atoms with Gasteiger partial charge in [0.05, 0.1) is 7.11 Å². The summed E-state index contributed by atoms with van der Waals surface area (Å²) in [5, 5.41) is 0. The molecular weight excluding hydrogens is 1190 g/mol. The lowest BCUT2D eigenvalue weighted by atomic mass is 9.95. The van der Waals surface area contributed by atoms with Gasteiger partial charge in [0.2, 0.25) is 0 Å². The van der Waals surface area contributed by atoms with Gasteiger partial charge in [-0.2, -0.15) is 0 Å². The fraction of sp³-hybridized carbons (Fsp3) is 0.0659. The Morgan fingerprint density at radius 1 is 0.289 bits per heavy atom. The van der Waals surface area contributed by atoms with Crippen LogP contribution in [0.4, 0.5) is 0 Å². The Morgan fingerprint density at radius 3 is 0.814 bits per heavy atom. The molecule has 0 heterocycles. The lowest BCUT2D eigenvalue weighted by Gasteiger charge is -2.11. The van der Waals surface area contributed by atoms with Crippen molar-refractivity contribution < 1.29 is 28.5 Å². The van der Waals surface area contributed by atoms with Crippen LogP contribution in [0.25, 0.3) is 45.1 Å². The smallest absolute Gasteiger partial charge is 0.193 e. The molecule has 0 bridgehead atoms. The van der Waals surface area contributed by atoms with E-state index < -0.39 is 0 Å². The number of carbonyl (C=O) groups excluding carboxylic acids is 1. The Kier molecular flexibility index (Phi) is 22.4. The summed E-state index contributed by atoms with van der Waals surface area (Å²) in [6, 6.07) is 93.6. The first kappa shape index (κ1) is 67.6. The number of ether oxygens (including phenoxy) is 5. The Bertz CT molecular complexity index is 4710. The van der Waals surface area contributed by atoms with Crippen LogP contribution in [0, 0.1) is 20.8 Å². The molecule has 6 heteroatoms. The van der Waals surface area contributed by atoms with Crippen molar-refractivity contribution in [3.05, 3.63) is 402 Å². The van der Waals surface area contributed by atoms with E-state index in [1.807, 2.05) is 172 Å². The van der Waals surface area contributed by atoms with Gasteiger partial charge >= 0.3 is 0 Å². The average Bonchev–Trinajstić information content (AvgIpc) is 0.983. The van der Waals surface area contributed by atoms with Gasteiger partial charge in [0, 0.05) is 11.1 Å². The number of ketones is 1. The average molecular weight is 1270 g/mol. The van der Waals surface area contributed by atoms with Gasteiger partial charge in [-0.3, -0.25) is 4.79 Å². The van der Waals surface area contributed by atoms with Crippen LogP contribution < -0.4 is 23.7 Å². The van der Waals surface area contributed by atoms with Crippen molar-refractivity contribution in [2.45, 2.75) is 34.6 Å². The predicted octanol–water partition coefficient (Wildman–Crippen LogP) is 25.0. The lowest BCUT2D eigenvalue weighted by Crippen LogP contribution is -2.01. The van der Waals surface area contributed by atoms with Crippen LogP contribution in [0.2, 0.25) is 0 Å². The van der Waals surface area contributed by atoms with Crippen LogP contribution in [-0.4, -0.2) is 12.9 Å². The molecule has 0 aromatic heterocycles. The molecule has 97 heavy (non-hydrogen) atoms. The highest BCUT2D eigenvalue weighted by Crippen LogP contribution is 2.34. The van der Waals surface area contributed by atoms with E-state index in [0.717, 1.165) is 141 Å². The third kappa shape index (κ3) is 18.3. The Morgan fingerprint density at radius 2 is 0.515 bits per heavy atom. The zero-order valence-corrected chi connectivity index (χ0v) is 55.9. The molecule has 0 fully saturated rings. The van der Waals surface area contributed by atoms with Gasteiger partial charge in [0.25, 0.3) is 0 Å². The van der Waals surface area contributed by atoms with E-state index >= 15 is 0 Å². The van der Waals surface area contributed by atoms with E-state index in [1.54, 1.807) is 61.7 Å². The molecule has 0 saturated heterocycles. The molecule has 0 radical (unpaired) electrons. The van der Waals surface area contributed by atoms with Crippen molar-refractivity contribution in [2.24, 2.45) is 0 Å². The number of hydrogen-bond donors (Lipinski definition) is 0. The van der Waals surface area contributed by atoms with Crippen LogP contribution >= 0.6 is 0 Å². The third-order valence-corrected chi connectivity index (χ3v) is 16.4. The number of carbonyl (C=O) groups is 1. The van der Waals surface area contributed by atoms with E-state index in [-0.39, 0.29) is 5.78 Å². The van der Waals surface area contributed by atoms with Gasteiger partial charge in [0.15, 0.2) is 5.78 Å². The normalized spacial score (nSPS) is 10.5. The number of rotatable bonds is 21. The SMILES string of the molecule is C=C(C)c1ccc(C(=C)c2ccc(-c3ccc(Oc4ccc(C)cc4)cc3)cc2)cc1.C=C(C)c1ccc(C(=C)c2ccc(Oc3ccc(C(=C)c4ccc(Oc5ccc(C)cc5)cc4)cc3)cc2)cc1.C=Cc1cc(Oc2ccc(C(=O)c3ccc(OC)cc3)cc2)ccc1C. The summed E-state index contributed by atoms with van der Waals surface area (Å²) in [4.78, 5) is 12.5. The quantitative estimate of drug-likeness (QED) is 0.0668. The molecule has 0 N–H and O–H groups in total. The van der Waals surface area contributed by atoms with Gasteiger partial charge in [-0.25, -0.2) is 0 Å². The maximum Gasteiger partial charge on any atom is 0.193 e. The van der Waals surface area contributed by atoms with Crippen molar-refractivity contribution in [2.75, 3.05) is 7.11 Å². The predicted molar refractivity (Wildman–Crippen MR) is 405 cm³/mol. The molecule has 0 aliphatic carbocycles. The summed E-state index contributed by atoms with van der Waals surface area (Å²) in [6.45, 7) is 34.9. The summed E-state index contributed by atoms with van der Waals surface area (Å²) in [6.07, 6.45) is 1.80. The van der Waals surface area contributed by atoms with Gasteiger partial charge in [0.1, 0.15) is 51.7 Å². The minimum Gasteiger partial charge on any atom is -0.497 e. The standard InChI is InChI=1S/C38H32O2.C30H26O.C23H20O3/c1-26(2)30-8-10-31(11-9-30)28(4)32-12-22-37(23-13-32)40-38-24-16-34(17-25-38)29(5)33-14-20-36(21-15-33)39-35-18-6-27(3)7-19-35;1-21(2)24-7-9-25(10-8-24)23(4)26-11-13-27(14-12-26)28-15-19-30(20-16-28)31-29-17-5-22(3)6-18-29;1-4-17-15-22(10-5-16(17)2)26-21-13-8-19(9-14-21)23(24)18-6-11-20(25-3)12-7-18/h6-25H,1,4-5H2,2-3H3;5-20H,1,4H2,2-3H3;4-15H,1H2,2-3H3. The Labute approximate surface area is 572 Å². The number of benzene rings is 12. The van der Waals surface area contributed by atoms with Crippen LogP contribution in [-0.2, 0) is 0 Å². The minimum atomic E-state index is -0.0384. The number of aryl methyl sites for hydroxylation is 3. The first-order valence-electron chi connectivity index (χ1n) is 31.9. The second kappa shape index (κ2) is 32.1. The number of methoxy groups -OCH3 is 1. The van der Waals surface area contributed by atoms with Crippen LogP contribution in [0.1, 0.15) is 96.5 Å². The van der Waals surface area contributed by atoms with Crippen molar-refractivity contribution in [1.82, 2.24) is 0 Å². The number of allylic oxidation sites excluding steroid dienone is 2. The molecule has 0 atom stereocenters. The second-order valence-electron chi connectivity index (χ2n) is 23.7. The topological polar surface area (TPSA) is 63.2 Å². The van der Waals surface area contributed by atoms with E-state index in [0.29, 0.717) is 16.9 Å². The summed E-state index contributed by atoms with van der Waals surface area (Å²) in [7, 11) is 1.60. The summed E-state index contributed by atoms with van der Waals surface area (Å²) in [5.41, 5.74) is 21.9. The zero-order valence-electron chi connectivity index (χ0n) is 55.9. The van der Waals surface area contributed by atoms with Crippen LogP contribution in [0.15, 0.2) is 325 Å². The molecule has 0 aliphatic heterocycles. The first-order chi connectivity index (χ1) is 46.9. The Hall–Kier alpha value is -12.3. The molecule has 0 spiro atoms. The monoisotopic (exact) mass is 1270 g/mol. The maximum atomic E-state index is 12.5. The molecule has 0 saturated carbocycles. The molecule has 12 rings (SSSR count). The third-order valence-electron chi connectivity index (χ3n) is 16.4. The summed E-state index contributed by atoms with van der Waals surface area (Å²) in [5.74, 6) is 6.92. The highest BCUT2D eigenvalue weighted by molar-refractivity contribution is 6.09. The molecule has 12 aromatic rings. The molecular formula is C91H78O6. The van der Waals surface area contributed by atoms with Crippen molar-refractivity contribution in [1.29, 1.82) is 0 Å². The molecule has 12 aromatic carbocycles. The van der Waals surface area contributed by atoms with E-state index in [1.165, 1.54) is 11.1 Å². The van der Waals surface area contributed by atoms with E-state index in [9.17, 15) is 4.79 Å². The molecule has 0 aliphatic rings. The van der Waals surface area contributed by atoms with Crippen molar-refractivity contribution in [3.63, 3.8) is 0 Å². The lowest BCUT2D eigenvalue weighted by molar-refractivity contribution is 0.103. The number of hydrogen-bond acceptors (Lipinski definition) is 6. The summed E-state index contributed by atoms with van der Waals surface area (Å²) >= 11 is 0. The van der Waals surface area contributed by atoms with E-state index in [4.69, 9.17) is 23.7 Å². The van der Waals surface area contributed by atoms with Crippen LogP contribution in [0.5, 0.6) is 51.7 Å². The fourth-order valence-corrected chi connectivity index (χ4v) is 10.4. The van der Waals surface area contributed by atoms with E-state index in [2.05, 4.69) is 138 Å². The molecule has 478 valence electrons. The molecule has 0 unspecified atom stereocenters. The van der Waals surface area contributed by atoms with Gasteiger partial charge < -0.3 is 23.7 Å². The van der Waals surface area contributed by atoms with Crippen molar-refractivity contribution >= 4 is 39.7 Å².